The van der Waals surface area contributed by atoms with Gasteiger partial charge in [0.15, 0.2) is 0 Å². The second-order valence-corrected chi connectivity index (χ2v) is 3.49. The molecule has 0 aromatic carbocycles. The second kappa shape index (κ2) is 4.43. The summed E-state index contributed by atoms with van der Waals surface area (Å²) in [5.74, 6) is 0.619. The molecule has 0 bridgehead atoms. The van der Waals surface area contributed by atoms with Crippen LogP contribution in [0.3, 0.4) is 0 Å². The van der Waals surface area contributed by atoms with Crippen LogP contribution in [0, 0.1) is 0 Å². The van der Waals surface area contributed by atoms with Gasteiger partial charge < -0.3 is 16.2 Å². The molecule has 2 unspecified atom stereocenters. The average Bonchev–Trinajstić information content (AvgIpc) is 2.01. The molecule has 1 aromatic heterocycles. The Labute approximate surface area is 87.3 Å². The van der Waals surface area contributed by atoms with E-state index in [0.717, 1.165) is 0 Å². The maximum absolute atomic E-state index is 9.25. The Morgan fingerprint density at radius 2 is 2.14 bits per heavy atom. The number of rotatable bonds is 3. The molecule has 78 valence electrons. The van der Waals surface area contributed by atoms with Gasteiger partial charge in [-0.25, -0.2) is 4.98 Å². The van der Waals surface area contributed by atoms with Gasteiger partial charge >= 0.3 is 0 Å². The number of nitrogens with two attached hydrogens (primary N) is 1. The highest BCUT2D eigenvalue weighted by Crippen LogP contribution is 2.13. The Balaban J connectivity index is 2.76. The van der Waals surface area contributed by atoms with Crippen molar-refractivity contribution in [3.8, 4) is 0 Å². The van der Waals surface area contributed by atoms with Gasteiger partial charge in [-0.05, 0) is 13.8 Å². The molecule has 0 radical (unpaired) electrons. The molecule has 1 aromatic rings. The third-order valence-electron chi connectivity index (χ3n) is 1.81. The molecule has 1 rings (SSSR count). The van der Waals surface area contributed by atoms with Gasteiger partial charge in [-0.2, -0.15) is 4.98 Å². The standard InChI is InChI=1S/C8H13ClN4O/c1-4(5(2)14)11-7-3-6(9)12-8(10)13-7/h3-5,14H,1-2H3,(H3,10,11,12,13). The zero-order valence-electron chi connectivity index (χ0n) is 8.03. The number of aliphatic hydroxyl groups excluding tert-OH is 1. The summed E-state index contributed by atoms with van der Waals surface area (Å²) in [4.78, 5) is 7.63. The third kappa shape index (κ3) is 3.01. The molecule has 0 saturated carbocycles. The first-order valence-corrected chi connectivity index (χ1v) is 4.61. The maximum atomic E-state index is 9.25. The molecule has 1 heterocycles. The summed E-state index contributed by atoms with van der Waals surface area (Å²) in [7, 11) is 0. The van der Waals surface area contributed by atoms with Crippen molar-refractivity contribution in [3.05, 3.63) is 11.2 Å². The number of aliphatic hydroxyl groups is 1. The van der Waals surface area contributed by atoms with E-state index in [1.165, 1.54) is 0 Å². The number of halogens is 1. The van der Waals surface area contributed by atoms with E-state index in [1.807, 2.05) is 6.92 Å². The largest absolute Gasteiger partial charge is 0.391 e. The predicted octanol–water partition coefficient (Wildman–Crippen LogP) is 0.893. The van der Waals surface area contributed by atoms with Crippen LogP contribution in [0.15, 0.2) is 6.07 Å². The molecule has 0 aliphatic heterocycles. The predicted molar refractivity (Wildman–Crippen MR) is 56.2 cm³/mol. The van der Waals surface area contributed by atoms with E-state index in [4.69, 9.17) is 17.3 Å². The van der Waals surface area contributed by atoms with Crippen molar-refractivity contribution in [1.82, 2.24) is 9.97 Å². The Bertz CT molecular complexity index is 298. The minimum absolute atomic E-state index is 0.109. The van der Waals surface area contributed by atoms with Crippen LogP contribution < -0.4 is 11.1 Å². The van der Waals surface area contributed by atoms with Crippen molar-refractivity contribution < 1.29 is 5.11 Å². The van der Waals surface area contributed by atoms with Gasteiger partial charge in [0, 0.05) is 6.07 Å². The number of anilines is 2. The summed E-state index contributed by atoms with van der Waals surface area (Å²) in [5, 5.41) is 12.5. The molecule has 6 heteroatoms. The Kier molecular flexibility index (Phi) is 3.49. The van der Waals surface area contributed by atoms with Gasteiger partial charge in [-0.15, -0.1) is 0 Å². The van der Waals surface area contributed by atoms with E-state index < -0.39 is 6.10 Å². The third-order valence-corrected chi connectivity index (χ3v) is 2.00. The quantitative estimate of drug-likeness (QED) is 0.654. The lowest BCUT2D eigenvalue weighted by atomic mass is 10.2. The molecule has 0 fully saturated rings. The molecule has 0 aliphatic rings. The number of nitrogens with one attached hydrogen (secondary N) is 1. The fraction of sp³-hybridized carbons (Fsp3) is 0.500. The van der Waals surface area contributed by atoms with Gasteiger partial charge in [0.1, 0.15) is 11.0 Å². The molecular formula is C8H13ClN4O. The van der Waals surface area contributed by atoms with Gasteiger partial charge in [-0.3, -0.25) is 0 Å². The Hall–Kier alpha value is -1.07. The van der Waals surface area contributed by atoms with Crippen LogP contribution in [0.4, 0.5) is 11.8 Å². The topological polar surface area (TPSA) is 84.1 Å². The number of nitrogen functional groups attached to an aromatic ring is 1. The van der Waals surface area contributed by atoms with E-state index in [0.29, 0.717) is 5.82 Å². The summed E-state index contributed by atoms with van der Waals surface area (Å²) >= 11 is 5.68. The summed E-state index contributed by atoms with van der Waals surface area (Å²) in [6, 6.07) is 1.43. The van der Waals surface area contributed by atoms with Crippen LogP contribution in [0.5, 0.6) is 0 Å². The van der Waals surface area contributed by atoms with E-state index in [1.54, 1.807) is 13.0 Å². The highest BCUT2D eigenvalue weighted by molar-refractivity contribution is 6.29. The van der Waals surface area contributed by atoms with Crippen LogP contribution in [0.25, 0.3) is 0 Å². The van der Waals surface area contributed by atoms with Gasteiger partial charge in [0.2, 0.25) is 5.95 Å². The van der Waals surface area contributed by atoms with E-state index >= 15 is 0 Å². The van der Waals surface area contributed by atoms with Crippen molar-refractivity contribution in [2.24, 2.45) is 0 Å². The lowest BCUT2D eigenvalue weighted by Gasteiger charge is -2.17. The zero-order chi connectivity index (χ0) is 10.7. The zero-order valence-corrected chi connectivity index (χ0v) is 8.78. The molecule has 0 aliphatic carbocycles. The summed E-state index contributed by atoms with van der Waals surface area (Å²) in [6.07, 6.45) is -0.482. The van der Waals surface area contributed by atoms with Crippen molar-refractivity contribution in [2.75, 3.05) is 11.1 Å². The van der Waals surface area contributed by atoms with Crippen molar-refractivity contribution in [1.29, 1.82) is 0 Å². The van der Waals surface area contributed by atoms with Crippen LogP contribution >= 0.6 is 11.6 Å². The number of hydrogen-bond acceptors (Lipinski definition) is 5. The Morgan fingerprint density at radius 1 is 1.50 bits per heavy atom. The first kappa shape index (κ1) is 11.0. The minimum Gasteiger partial charge on any atom is -0.391 e. The molecular weight excluding hydrogens is 204 g/mol. The molecule has 14 heavy (non-hydrogen) atoms. The SMILES string of the molecule is CC(O)C(C)Nc1cc(Cl)nc(N)n1. The Morgan fingerprint density at radius 3 is 2.64 bits per heavy atom. The molecule has 0 saturated heterocycles. The lowest BCUT2D eigenvalue weighted by molar-refractivity contribution is 0.177. The fourth-order valence-electron chi connectivity index (χ4n) is 0.863. The molecule has 0 spiro atoms. The van der Waals surface area contributed by atoms with Crippen molar-refractivity contribution in [3.63, 3.8) is 0 Å². The van der Waals surface area contributed by atoms with Crippen molar-refractivity contribution >= 4 is 23.4 Å². The summed E-state index contributed by atoms with van der Waals surface area (Å²) < 4.78 is 0. The first-order chi connectivity index (χ1) is 6.49. The number of nitrogens with zero attached hydrogens (tertiary/aromatic N) is 2. The number of hydrogen-bond donors (Lipinski definition) is 3. The first-order valence-electron chi connectivity index (χ1n) is 4.23. The molecule has 5 nitrogen and oxygen atoms in total. The normalized spacial score (nSPS) is 14.9. The van der Waals surface area contributed by atoms with Crippen LogP contribution in [0.1, 0.15) is 13.8 Å². The van der Waals surface area contributed by atoms with Crippen LogP contribution in [-0.2, 0) is 0 Å². The van der Waals surface area contributed by atoms with Gasteiger partial charge in [0.05, 0.1) is 12.1 Å². The molecule has 0 amide bonds. The summed E-state index contributed by atoms with van der Waals surface area (Å²) in [6.45, 7) is 3.51. The van der Waals surface area contributed by atoms with E-state index in [-0.39, 0.29) is 17.1 Å². The number of aromatic nitrogens is 2. The molecule has 2 atom stereocenters. The minimum atomic E-state index is -0.482. The lowest BCUT2D eigenvalue weighted by Crippen LogP contribution is -2.28. The monoisotopic (exact) mass is 216 g/mol. The van der Waals surface area contributed by atoms with Gasteiger partial charge in [-0.1, -0.05) is 11.6 Å². The van der Waals surface area contributed by atoms with Gasteiger partial charge in [0.25, 0.3) is 0 Å². The molecule has 4 N–H and O–H groups in total. The van der Waals surface area contributed by atoms with E-state index in [2.05, 4.69) is 15.3 Å². The fourth-order valence-corrected chi connectivity index (χ4v) is 1.05. The summed E-state index contributed by atoms with van der Waals surface area (Å²) in [5.41, 5.74) is 5.40. The maximum Gasteiger partial charge on any atom is 0.223 e. The van der Waals surface area contributed by atoms with Crippen LogP contribution in [0.2, 0.25) is 5.15 Å². The van der Waals surface area contributed by atoms with Crippen molar-refractivity contribution in [2.45, 2.75) is 26.0 Å². The average molecular weight is 217 g/mol. The van der Waals surface area contributed by atoms with Crippen LogP contribution in [-0.4, -0.2) is 27.2 Å². The highest BCUT2D eigenvalue weighted by Gasteiger charge is 2.09. The highest BCUT2D eigenvalue weighted by atomic mass is 35.5. The second-order valence-electron chi connectivity index (χ2n) is 3.11. The van der Waals surface area contributed by atoms with E-state index in [9.17, 15) is 5.11 Å². The smallest absolute Gasteiger partial charge is 0.223 e.